The fraction of sp³-hybridized carbons (Fsp3) is 0.625. The first-order valence-corrected chi connectivity index (χ1v) is 9.38. The van der Waals surface area contributed by atoms with Crippen molar-refractivity contribution in [3.63, 3.8) is 0 Å². The van der Waals surface area contributed by atoms with Crippen LogP contribution in [0.4, 0.5) is 0 Å². The third-order valence-corrected chi connectivity index (χ3v) is 6.31. The predicted molar refractivity (Wildman–Crippen MR) is 80.0 cm³/mol. The van der Waals surface area contributed by atoms with Crippen LogP contribution in [0.1, 0.15) is 43.7 Å². The zero-order valence-electron chi connectivity index (χ0n) is 12.0. The molecule has 2 N–H and O–H groups in total. The van der Waals surface area contributed by atoms with Crippen LogP contribution in [0.15, 0.2) is 29.2 Å². The molecule has 0 saturated heterocycles. The van der Waals surface area contributed by atoms with Crippen LogP contribution in [0.5, 0.6) is 0 Å². The molecule has 110 valence electrons. The summed E-state index contributed by atoms with van der Waals surface area (Å²) in [5.74, 6) is 2.62. The van der Waals surface area contributed by atoms with Crippen LogP contribution in [0.3, 0.4) is 0 Å². The number of rotatable bonds is 4. The van der Waals surface area contributed by atoms with E-state index in [0.717, 1.165) is 29.7 Å². The Bertz CT molecular complexity index is 579. The molecule has 0 radical (unpaired) electrons. The van der Waals surface area contributed by atoms with Gasteiger partial charge in [0.2, 0.25) is 0 Å². The van der Waals surface area contributed by atoms with E-state index in [4.69, 9.17) is 5.73 Å². The summed E-state index contributed by atoms with van der Waals surface area (Å²) in [6, 6.07) is 7.12. The van der Waals surface area contributed by atoms with E-state index >= 15 is 0 Å². The second kappa shape index (κ2) is 5.15. The van der Waals surface area contributed by atoms with E-state index in [-0.39, 0.29) is 6.04 Å². The Morgan fingerprint density at radius 2 is 1.90 bits per heavy atom. The monoisotopic (exact) mass is 293 g/mol. The molecule has 0 heterocycles. The van der Waals surface area contributed by atoms with Crippen molar-refractivity contribution in [3.8, 4) is 0 Å². The average molecular weight is 293 g/mol. The minimum atomic E-state index is -3.12. The molecule has 2 saturated carbocycles. The lowest BCUT2D eigenvalue weighted by atomic mass is 9.83. The van der Waals surface area contributed by atoms with Gasteiger partial charge in [0.15, 0.2) is 9.84 Å². The molecule has 2 aliphatic carbocycles. The first kappa shape index (κ1) is 14.1. The summed E-state index contributed by atoms with van der Waals surface area (Å²) in [5.41, 5.74) is 7.37. The Labute approximate surface area is 121 Å². The van der Waals surface area contributed by atoms with Gasteiger partial charge in [0, 0.05) is 12.3 Å². The standard InChI is InChI=1S/C16H23NO2S/c1-20(18,19)15-6-4-12(5-7-15)16(17)10-14-9-11-2-3-13(14)8-11/h4-7,11,13-14,16H,2-3,8-10,17H2,1H3. The summed E-state index contributed by atoms with van der Waals surface area (Å²) >= 11 is 0. The van der Waals surface area contributed by atoms with Crippen molar-refractivity contribution in [2.75, 3.05) is 6.26 Å². The average Bonchev–Trinajstić information content (AvgIpc) is 3.00. The Balaban J connectivity index is 1.67. The molecule has 2 bridgehead atoms. The molecule has 1 aromatic rings. The molecule has 20 heavy (non-hydrogen) atoms. The van der Waals surface area contributed by atoms with Crippen molar-refractivity contribution < 1.29 is 8.42 Å². The third kappa shape index (κ3) is 2.77. The Morgan fingerprint density at radius 3 is 2.40 bits per heavy atom. The van der Waals surface area contributed by atoms with Gasteiger partial charge in [-0.05, 0) is 61.1 Å². The first-order chi connectivity index (χ1) is 9.43. The lowest BCUT2D eigenvalue weighted by Gasteiger charge is -2.25. The van der Waals surface area contributed by atoms with Gasteiger partial charge in [0.1, 0.15) is 0 Å². The summed E-state index contributed by atoms with van der Waals surface area (Å²) < 4.78 is 22.9. The quantitative estimate of drug-likeness (QED) is 0.928. The van der Waals surface area contributed by atoms with Gasteiger partial charge in [-0.25, -0.2) is 8.42 Å². The van der Waals surface area contributed by atoms with Gasteiger partial charge in [-0.3, -0.25) is 0 Å². The van der Waals surface area contributed by atoms with Crippen LogP contribution in [0, 0.1) is 17.8 Å². The molecule has 3 rings (SSSR count). The number of hydrogen-bond acceptors (Lipinski definition) is 3. The van der Waals surface area contributed by atoms with E-state index in [1.807, 2.05) is 12.1 Å². The topological polar surface area (TPSA) is 60.2 Å². The number of fused-ring (bicyclic) bond motifs is 2. The van der Waals surface area contributed by atoms with Gasteiger partial charge in [-0.15, -0.1) is 0 Å². The van der Waals surface area contributed by atoms with E-state index in [0.29, 0.717) is 4.90 Å². The minimum absolute atomic E-state index is 0.0351. The summed E-state index contributed by atoms with van der Waals surface area (Å²) in [5, 5.41) is 0. The summed E-state index contributed by atoms with van der Waals surface area (Å²) in [6.45, 7) is 0. The van der Waals surface area contributed by atoms with Gasteiger partial charge >= 0.3 is 0 Å². The molecule has 3 nitrogen and oxygen atoms in total. The Kier molecular flexibility index (Phi) is 3.63. The van der Waals surface area contributed by atoms with E-state index in [2.05, 4.69) is 0 Å². The van der Waals surface area contributed by atoms with Crippen LogP contribution >= 0.6 is 0 Å². The summed E-state index contributed by atoms with van der Waals surface area (Å²) in [4.78, 5) is 0.369. The zero-order valence-corrected chi connectivity index (χ0v) is 12.8. The maximum Gasteiger partial charge on any atom is 0.175 e. The molecule has 4 heteroatoms. The predicted octanol–water partition coefficient (Wildman–Crippen LogP) is 2.92. The lowest BCUT2D eigenvalue weighted by Crippen LogP contribution is -2.19. The van der Waals surface area contributed by atoms with Crippen LogP contribution in [0.2, 0.25) is 0 Å². The van der Waals surface area contributed by atoms with Crippen molar-refractivity contribution >= 4 is 9.84 Å². The molecular weight excluding hydrogens is 270 g/mol. The second-order valence-corrected chi connectivity index (χ2v) is 8.63. The number of sulfone groups is 1. The van der Waals surface area contributed by atoms with Crippen molar-refractivity contribution in [3.05, 3.63) is 29.8 Å². The van der Waals surface area contributed by atoms with Crippen molar-refractivity contribution in [1.29, 1.82) is 0 Å². The first-order valence-electron chi connectivity index (χ1n) is 7.49. The van der Waals surface area contributed by atoms with E-state index in [1.165, 1.54) is 31.9 Å². The van der Waals surface area contributed by atoms with Gasteiger partial charge < -0.3 is 5.73 Å². The molecule has 4 atom stereocenters. The highest BCUT2D eigenvalue weighted by atomic mass is 32.2. The van der Waals surface area contributed by atoms with Gasteiger partial charge in [-0.1, -0.05) is 18.6 Å². The van der Waals surface area contributed by atoms with E-state index < -0.39 is 9.84 Å². The van der Waals surface area contributed by atoms with Crippen LogP contribution < -0.4 is 5.73 Å². The maximum absolute atomic E-state index is 11.4. The fourth-order valence-corrected chi connectivity index (χ4v) is 4.72. The molecule has 2 aliphatic rings. The molecule has 0 aliphatic heterocycles. The zero-order chi connectivity index (χ0) is 14.3. The number of nitrogens with two attached hydrogens (primary N) is 1. The van der Waals surface area contributed by atoms with Crippen molar-refractivity contribution in [2.45, 2.75) is 43.0 Å². The summed E-state index contributed by atoms with van der Waals surface area (Å²) in [6.07, 6.45) is 7.83. The van der Waals surface area contributed by atoms with Gasteiger partial charge in [-0.2, -0.15) is 0 Å². The maximum atomic E-state index is 11.4. The molecule has 4 unspecified atom stereocenters. The van der Waals surface area contributed by atoms with Crippen molar-refractivity contribution in [1.82, 2.24) is 0 Å². The van der Waals surface area contributed by atoms with E-state index in [1.54, 1.807) is 12.1 Å². The normalized spacial score (nSPS) is 30.6. The summed E-state index contributed by atoms with van der Waals surface area (Å²) in [7, 11) is -3.12. The highest BCUT2D eigenvalue weighted by Gasteiger charge is 2.39. The molecule has 0 aromatic heterocycles. The lowest BCUT2D eigenvalue weighted by molar-refractivity contribution is 0.296. The van der Waals surface area contributed by atoms with Gasteiger partial charge in [0.05, 0.1) is 4.90 Å². The van der Waals surface area contributed by atoms with Crippen LogP contribution in [-0.4, -0.2) is 14.7 Å². The van der Waals surface area contributed by atoms with Crippen molar-refractivity contribution in [2.24, 2.45) is 23.5 Å². The van der Waals surface area contributed by atoms with Crippen LogP contribution in [0.25, 0.3) is 0 Å². The van der Waals surface area contributed by atoms with Crippen LogP contribution in [-0.2, 0) is 9.84 Å². The highest BCUT2D eigenvalue weighted by molar-refractivity contribution is 7.90. The Hall–Kier alpha value is -0.870. The molecule has 2 fully saturated rings. The van der Waals surface area contributed by atoms with E-state index in [9.17, 15) is 8.42 Å². The minimum Gasteiger partial charge on any atom is -0.324 e. The smallest absolute Gasteiger partial charge is 0.175 e. The molecular formula is C16H23NO2S. The highest BCUT2D eigenvalue weighted by Crippen LogP contribution is 2.50. The second-order valence-electron chi connectivity index (χ2n) is 6.62. The fourth-order valence-electron chi connectivity index (χ4n) is 4.09. The largest absolute Gasteiger partial charge is 0.324 e. The third-order valence-electron chi connectivity index (χ3n) is 5.18. The SMILES string of the molecule is CS(=O)(=O)c1ccc(C(N)CC2CC3CCC2C3)cc1. The Morgan fingerprint density at radius 1 is 1.20 bits per heavy atom. The number of benzene rings is 1. The number of hydrogen-bond donors (Lipinski definition) is 1. The molecule has 0 spiro atoms. The molecule has 0 amide bonds. The van der Waals surface area contributed by atoms with Gasteiger partial charge in [0.25, 0.3) is 0 Å². The molecule has 1 aromatic carbocycles.